The number of benzene rings is 2. The van der Waals surface area contributed by atoms with Gasteiger partial charge in [-0.1, -0.05) is 0 Å². The average Bonchev–Trinajstić information content (AvgIpc) is 3.04. The number of nitrogens with zero attached hydrogens (tertiary/aromatic N) is 2. The van der Waals surface area contributed by atoms with E-state index in [-0.39, 0.29) is 30.3 Å². The molecular weight excluding hydrogens is 354 g/mol. The Morgan fingerprint density at radius 1 is 1.11 bits per heavy atom. The summed E-state index contributed by atoms with van der Waals surface area (Å²) >= 11 is 0. The van der Waals surface area contributed by atoms with Crippen molar-refractivity contribution in [3.63, 3.8) is 0 Å². The molecule has 1 saturated heterocycles. The molecule has 6 nitrogen and oxygen atoms in total. The van der Waals surface area contributed by atoms with Crippen molar-refractivity contribution >= 4 is 28.9 Å². The Morgan fingerprint density at radius 3 is 2.32 bits per heavy atom. The number of ether oxygens (including phenoxy) is 1. The first-order chi connectivity index (χ1) is 13.3. The highest BCUT2D eigenvalue weighted by Gasteiger charge is 2.35. The van der Waals surface area contributed by atoms with Crippen LogP contribution in [0.1, 0.15) is 20.3 Å². The summed E-state index contributed by atoms with van der Waals surface area (Å²) in [6.45, 7) is 4.31. The van der Waals surface area contributed by atoms with Gasteiger partial charge in [-0.05, 0) is 62.4 Å². The molecule has 0 spiro atoms. The first-order valence-corrected chi connectivity index (χ1v) is 9.49. The molecule has 0 aromatic heterocycles. The van der Waals surface area contributed by atoms with Gasteiger partial charge in [0.2, 0.25) is 11.8 Å². The highest BCUT2D eigenvalue weighted by atomic mass is 16.5. The maximum atomic E-state index is 12.6. The second-order valence-corrected chi connectivity index (χ2v) is 7.50. The highest BCUT2D eigenvalue weighted by molar-refractivity contribution is 6.03. The van der Waals surface area contributed by atoms with E-state index in [4.69, 9.17) is 4.74 Å². The van der Waals surface area contributed by atoms with Crippen molar-refractivity contribution in [1.29, 1.82) is 0 Å². The van der Waals surface area contributed by atoms with E-state index >= 15 is 0 Å². The molecule has 0 saturated carbocycles. The first-order valence-electron chi connectivity index (χ1n) is 9.49. The van der Waals surface area contributed by atoms with Gasteiger partial charge in [-0.15, -0.1) is 0 Å². The molecular formula is C22H27N3O3. The average molecular weight is 381 g/mol. The van der Waals surface area contributed by atoms with Crippen LogP contribution in [0.25, 0.3) is 0 Å². The zero-order chi connectivity index (χ0) is 20.3. The number of carbonyl (C=O) groups excluding carboxylic acids is 2. The molecule has 1 heterocycles. The minimum Gasteiger partial charge on any atom is -0.491 e. The van der Waals surface area contributed by atoms with Gasteiger partial charge in [0.1, 0.15) is 5.75 Å². The minimum absolute atomic E-state index is 0.0411. The van der Waals surface area contributed by atoms with Crippen molar-refractivity contribution in [2.24, 2.45) is 5.92 Å². The van der Waals surface area contributed by atoms with Crippen LogP contribution in [0.4, 0.5) is 17.1 Å². The van der Waals surface area contributed by atoms with E-state index in [1.54, 1.807) is 4.90 Å². The number of hydrogen-bond donors (Lipinski definition) is 1. The third kappa shape index (κ3) is 4.63. The van der Waals surface area contributed by atoms with Crippen LogP contribution in [0.3, 0.4) is 0 Å². The minimum atomic E-state index is -0.368. The lowest BCUT2D eigenvalue weighted by Crippen LogP contribution is -2.28. The molecule has 6 heteroatoms. The molecule has 2 aromatic carbocycles. The van der Waals surface area contributed by atoms with Crippen molar-refractivity contribution in [3.05, 3.63) is 48.5 Å². The molecule has 148 valence electrons. The predicted molar refractivity (Wildman–Crippen MR) is 112 cm³/mol. The Kier molecular flexibility index (Phi) is 5.87. The summed E-state index contributed by atoms with van der Waals surface area (Å²) < 4.78 is 5.64. The van der Waals surface area contributed by atoms with Gasteiger partial charge in [0, 0.05) is 44.1 Å². The number of nitrogens with one attached hydrogen (secondary N) is 1. The van der Waals surface area contributed by atoms with E-state index < -0.39 is 0 Å². The van der Waals surface area contributed by atoms with Crippen LogP contribution >= 0.6 is 0 Å². The van der Waals surface area contributed by atoms with Crippen molar-refractivity contribution in [1.82, 2.24) is 0 Å². The summed E-state index contributed by atoms with van der Waals surface area (Å²) in [5.74, 6) is 0.224. The largest absolute Gasteiger partial charge is 0.491 e. The van der Waals surface area contributed by atoms with Gasteiger partial charge >= 0.3 is 0 Å². The number of rotatable bonds is 6. The molecule has 1 atom stereocenters. The Morgan fingerprint density at radius 2 is 1.75 bits per heavy atom. The molecule has 2 amide bonds. The van der Waals surface area contributed by atoms with E-state index in [0.29, 0.717) is 6.54 Å². The van der Waals surface area contributed by atoms with Crippen LogP contribution in [0, 0.1) is 5.92 Å². The molecule has 28 heavy (non-hydrogen) atoms. The van der Waals surface area contributed by atoms with Gasteiger partial charge in [0.25, 0.3) is 0 Å². The number of amides is 2. The van der Waals surface area contributed by atoms with Crippen LogP contribution in [-0.2, 0) is 9.59 Å². The van der Waals surface area contributed by atoms with Gasteiger partial charge in [-0.25, -0.2) is 0 Å². The van der Waals surface area contributed by atoms with E-state index in [1.165, 1.54) is 0 Å². The van der Waals surface area contributed by atoms with Gasteiger partial charge in [-0.3, -0.25) is 9.59 Å². The number of carbonyl (C=O) groups is 2. The molecule has 1 aliphatic rings. The smallest absolute Gasteiger partial charge is 0.229 e. The Bertz CT molecular complexity index is 829. The van der Waals surface area contributed by atoms with Gasteiger partial charge in [-0.2, -0.15) is 0 Å². The lowest BCUT2D eigenvalue weighted by molar-refractivity contribution is -0.122. The van der Waals surface area contributed by atoms with E-state index in [0.717, 1.165) is 22.8 Å². The second-order valence-electron chi connectivity index (χ2n) is 7.50. The van der Waals surface area contributed by atoms with Crippen LogP contribution in [0.2, 0.25) is 0 Å². The molecule has 2 aromatic rings. The van der Waals surface area contributed by atoms with Crippen molar-refractivity contribution in [2.75, 3.05) is 35.8 Å². The second kappa shape index (κ2) is 8.33. The fourth-order valence-electron chi connectivity index (χ4n) is 3.20. The van der Waals surface area contributed by atoms with E-state index in [1.807, 2.05) is 81.4 Å². The summed E-state index contributed by atoms with van der Waals surface area (Å²) in [4.78, 5) is 28.7. The summed E-state index contributed by atoms with van der Waals surface area (Å²) in [5, 5.41) is 2.92. The molecule has 1 aliphatic heterocycles. The fourth-order valence-corrected chi connectivity index (χ4v) is 3.20. The number of anilines is 3. The quantitative estimate of drug-likeness (QED) is 0.832. The SMILES string of the molecule is CC(C)Oc1ccc(N2C[C@@H](C(=O)Nc3ccc(N(C)C)cc3)CC2=O)cc1. The molecule has 0 unspecified atom stereocenters. The Labute approximate surface area is 166 Å². The predicted octanol–water partition coefficient (Wildman–Crippen LogP) is 3.53. The lowest BCUT2D eigenvalue weighted by atomic mass is 10.1. The number of hydrogen-bond acceptors (Lipinski definition) is 4. The van der Waals surface area contributed by atoms with Crippen molar-refractivity contribution in [3.8, 4) is 5.75 Å². The van der Waals surface area contributed by atoms with Crippen molar-refractivity contribution in [2.45, 2.75) is 26.4 Å². The maximum absolute atomic E-state index is 12.6. The van der Waals surface area contributed by atoms with Crippen molar-refractivity contribution < 1.29 is 14.3 Å². The van der Waals surface area contributed by atoms with Crippen LogP contribution in [0.15, 0.2) is 48.5 Å². The summed E-state index contributed by atoms with van der Waals surface area (Å²) in [6, 6.07) is 15.0. The third-order valence-electron chi connectivity index (χ3n) is 4.67. The molecule has 3 rings (SSSR count). The van der Waals surface area contributed by atoms with Gasteiger partial charge in [0.15, 0.2) is 0 Å². The van der Waals surface area contributed by atoms with E-state index in [2.05, 4.69) is 5.32 Å². The maximum Gasteiger partial charge on any atom is 0.229 e. The van der Waals surface area contributed by atoms with Gasteiger partial charge < -0.3 is 19.9 Å². The zero-order valence-corrected chi connectivity index (χ0v) is 16.8. The molecule has 1 fully saturated rings. The normalized spacial score (nSPS) is 16.4. The third-order valence-corrected chi connectivity index (χ3v) is 4.67. The highest BCUT2D eigenvalue weighted by Crippen LogP contribution is 2.28. The monoisotopic (exact) mass is 381 g/mol. The zero-order valence-electron chi connectivity index (χ0n) is 16.8. The molecule has 0 aliphatic carbocycles. The fraction of sp³-hybridized carbons (Fsp3) is 0.364. The summed E-state index contributed by atoms with van der Waals surface area (Å²) in [7, 11) is 3.93. The van der Waals surface area contributed by atoms with Crippen LogP contribution < -0.4 is 19.9 Å². The van der Waals surface area contributed by atoms with Crippen LogP contribution in [-0.4, -0.2) is 38.6 Å². The molecule has 1 N–H and O–H groups in total. The standard InChI is InChI=1S/C22H27N3O3/c1-15(2)28-20-11-9-19(10-12-20)25-14-16(13-21(25)26)22(27)23-17-5-7-18(8-6-17)24(3)4/h5-12,15-16H,13-14H2,1-4H3,(H,23,27)/t16-/m0/s1. The summed E-state index contributed by atoms with van der Waals surface area (Å²) in [6.07, 6.45) is 0.311. The topological polar surface area (TPSA) is 61.9 Å². The van der Waals surface area contributed by atoms with E-state index in [9.17, 15) is 9.59 Å². The van der Waals surface area contributed by atoms with Gasteiger partial charge in [0.05, 0.1) is 12.0 Å². The Balaban J connectivity index is 1.62. The van der Waals surface area contributed by atoms with Crippen LogP contribution in [0.5, 0.6) is 5.75 Å². The molecule has 0 bridgehead atoms. The first kappa shape index (κ1) is 19.7. The Hall–Kier alpha value is -3.02. The molecule has 0 radical (unpaired) electrons. The summed E-state index contributed by atoms with van der Waals surface area (Å²) in [5.41, 5.74) is 2.58. The lowest BCUT2D eigenvalue weighted by Gasteiger charge is -2.18.